The molecule has 1 N–H and O–H groups in total. The molecule has 1 saturated heterocycles. The lowest BCUT2D eigenvalue weighted by Crippen LogP contribution is -2.46. The molecule has 0 bridgehead atoms. The molecule has 19 heavy (non-hydrogen) atoms. The summed E-state index contributed by atoms with van der Waals surface area (Å²) in [5, 5.41) is 4.05. The monoisotopic (exact) mass is 280 g/mol. The molecule has 0 aromatic heterocycles. The summed E-state index contributed by atoms with van der Waals surface area (Å²) < 4.78 is 0. The fourth-order valence-electron chi connectivity index (χ4n) is 2.44. The third kappa shape index (κ3) is 3.95. The second-order valence-corrected chi connectivity index (χ2v) is 5.50. The topological polar surface area (TPSA) is 32.3 Å². The Kier molecular flexibility index (Phi) is 5.23. The highest BCUT2D eigenvalue weighted by atomic mass is 35.5. The van der Waals surface area contributed by atoms with Crippen LogP contribution < -0.4 is 5.32 Å². The molecule has 0 spiro atoms. The van der Waals surface area contributed by atoms with Crippen molar-refractivity contribution in [1.82, 2.24) is 10.2 Å². The van der Waals surface area contributed by atoms with Crippen molar-refractivity contribution in [3.05, 3.63) is 34.9 Å². The van der Waals surface area contributed by atoms with E-state index in [0.29, 0.717) is 12.3 Å². The van der Waals surface area contributed by atoms with E-state index >= 15 is 0 Å². The molecule has 1 aromatic carbocycles. The molecule has 1 unspecified atom stereocenters. The highest BCUT2D eigenvalue weighted by Gasteiger charge is 2.17. The Hall–Kier alpha value is -1.06. The SMILES string of the molecule is CC(CCC(=O)N1CCNCC1)c1ccccc1Cl. The number of nitrogens with one attached hydrogen (secondary N) is 1. The van der Waals surface area contributed by atoms with Crippen LogP contribution >= 0.6 is 11.6 Å². The van der Waals surface area contributed by atoms with Gasteiger partial charge in [-0.1, -0.05) is 36.7 Å². The van der Waals surface area contributed by atoms with Crippen LogP contribution in [0.5, 0.6) is 0 Å². The van der Waals surface area contributed by atoms with Gasteiger partial charge in [0.2, 0.25) is 5.91 Å². The van der Waals surface area contributed by atoms with Crippen molar-refractivity contribution < 1.29 is 4.79 Å². The van der Waals surface area contributed by atoms with Crippen molar-refractivity contribution in [2.24, 2.45) is 0 Å². The van der Waals surface area contributed by atoms with E-state index in [-0.39, 0.29) is 5.91 Å². The molecule has 1 atom stereocenters. The Balaban J connectivity index is 1.84. The molecule has 4 heteroatoms. The van der Waals surface area contributed by atoms with Gasteiger partial charge in [0.05, 0.1) is 0 Å². The maximum atomic E-state index is 12.1. The van der Waals surface area contributed by atoms with Gasteiger partial charge >= 0.3 is 0 Å². The van der Waals surface area contributed by atoms with Gasteiger partial charge in [0, 0.05) is 37.6 Å². The number of piperazine rings is 1. The van der Waals surface area contributed by atoms with Crippen molar-refractivity contribution in [3.63, 3.8) is 0 Å². The standard InChI is InChI=1S/C15H21ClN2O/c1-12(13-4-2-3-5-14(13)16)6-7-15(19)18-10-8-17-9-11-18/h2-5,12,17H,6-11H2,1H3. The van der Waals surface area contributed by atoms with Gasteiger partial charge in [-0.25, -0.2) is 0 Å². The molecule has 1 fully saturated rings. The zero-order valence-corrected chi connectivity index (χ0v) is 12.1. The summed E-state index contributed by atoms with van der Waals surface area (Å²) >= 11 is 6.18. The summed E-state index contributed by atoms with van der Waals surface area (Å²) in [4.78, 5) is 14.0. The van der Waals surface area contributed by atoms with Gasteiger partial charge in [0.25, 0.3) is 0 Å². The quantitative estimate of drug-likeness (QED) is 0.920. The predicted molar refractivity (Wildman–Crippen MR) is 78.6 cm³/mol. The van der Waals surface area contributed by atoms with Gasteiger partial charge in [0.15, 0.2) is 0 Å². The first-order chi connectivity index (χ1) is 9.18. The Morgan fingerprint density at radius 1 is 1.37 bits per heavy atom. The van der Waals surface area contributed by atoms with E-state index in [1.807, 2.05) is 29.2 Å². The molecule has 1 aliphatic rings. The number of rotatable bonds is 4. The van der Waals surface area contributed by atoms with Crippen LogP contribution in [0.3, 0.4) is 0 Å². The highest BCUT2D eigenvalue weighted by Crippen LogP contribution is 2.27. The van der Waals surface area contributed by atoms with Crippen molar-refractivity contribution in [2.45, 2.75) is 25.7 Å². The fraction of sp³-hybridized carbons (Fsp3) is 0.533. The molecule has 104 valence electrons. The van der Waals surface area contributed by atoms with E-state index in [0.717, 1.165) is 43.2 Å². The summed E-state index contributed by atoms with van der Waals surface area (Å²) in [6, 6.07) is 7.88. The average Bonchev–Trinajstić information content (AvgIpc) is 2.46. The second-order valence-electron chi connectivity index (χ2n) is 5.09. The molecule has 0 saturated carbocycles. The first-order valence-corrected chi connectivity index (χ1v) is 7.29. The summed E-state index contributed by atoms with van der Waals surface area (Å²) in [6.07, 6.45) is 1.46. The lowest BCUT2D eigenvalue weighted by Gasteiger charge is -2.28. The van der Waals surface area contributed by atoms with Crippen LogP contribution in [-0.4, -0.2) is 37.0 Å². The fourth-order valence-corrected chi connectivity index (χ4v) is 2.76. The number of amides is 1. The van der Waals surface area contributed by atoms with E-state index in [4.69, 9.17) is 11.6 Å². The molecule has 2 rings (SSSR count). The van der Waals surface area contributed by atoms with Crippen molar-refractivity contribution in [2.75, 3.05) is 26.2 Å². The number of hydrogen-bond acceptors (Lipinski definition) is 2. The van der Waals surface area contributed by atoms with Gasteiger partial charge in [-0.05, 0) is 24.0 Å². The zero-order chi connectivity index (χ0) is 13.7. The number of halogens is 1. The Morgan fingerprint density at radius 3 is 2.74 bits per heavy atom. The number of benzene rings is 1. The van der Waals surface area contributed by atoms with Crippen LogP contribution in [0.25, 0.3) is 0 Å². The third-order valence-electron chi connectivity index (χ3n) is 3.70. The minimum atomic E-state index is 0.264. The number of carbonyl (C=O) groups is 1. The van der Waals surface area contributed by atoms with E-state index in [1.54, 1.807) is 0 Å². The second kappa shape index (κ2) is 6.92. The molecule has 0 aliphatic carbocycles. The van der Waals surface area contributed by atoms with Crippen molar-refractivity contribution in [3.8, 4) is 0 Å². The summed E-state index contributed by atoms with van der Waals surface area (Å²) in [6.45, 7) is 5.61. The Bertz CT molecular complexity index is 430. The predicted octanol–water partition coefficient (Wildman–Crippen LogP) is 2.66. The Labute approximate surface area is 119 Å². The molecule has 0 radical (unpaired) electrons. The number of hydrogen-bond donors (Lipinski definition) is 1. The summed E-state index contributed by atoms with van der Waals surface area (Å²) in [5.41, 5.74) is 1.14. The maximum Gasteiger partial charge on any atom is 0.222 e. The molecule has 1 amide bonds. The van der Waals surface area contributed by atoms with Crippen LogP contribution in [-0.2, 0) is 4.79 Å². The molecule has 3 nitrogen and oxygen atoms in total. The lowest BCUT2D eigenvalue weighted by atomic mass is 9.96. The molecule has 1 aliphatic heterocycles. The third-order valence-corrected chi connectivity index (χ3v) is 4.04. The largest absolute Gasteiger partial charge is 0.340 e. The number of nitrogens with zero attached hydrogens (tertiary/aromatic N) is 1. The number of carbonyl (C=O) groups excluding carboxylic acids is 1. The highest BCUT2D eigenvalue weighted by molar-refractivity contribution is 6.31. The van der Waals surface area contributed by atoms with E-state index < -0.39 is 0 Å². The maximum absolute atomic E-state index is 12.1. The van der Waals surface area contributed by atoms with Crippen LogP contribution in [0.1, 0.15) is 31.2 Å². The van der Waals surface area contributed by atoms with Crippen LogP contribution in [0.15, 0.2) is 24.3 Å². The smallest absolute Gasteiger partial charge is 0.222 e. The van der Waals surface area contributed by atoms with Crippen molar-refractivity contribution in [1.29, 1.82) is 0 Å². The van der Waals surface area contributed by atoms with Crippen LogP contribution in [0.4, 0.5) is 0 Å². The molecule has 1 aromatic rings. The molecule has 1 heterocycles. The Morgan fingerprint density at radius 2 is 2.05 bits per heavy atom. The zero-order valence-electron chi connectivity index (χ0n) is 11.4. The van der Waals surface area contributed by atoms with Crippen LogP contribution in [0, 0.1) is 0 Å². The minimum Gasteiger partial charge on any atom is -0.340 e. The van der Waals surface area contributed by atoms with E-state index in [9.17, 15) is 4.79 Å². The molecular weight excluding hydrogens is 260 g/mol. The van der Waals surface area contributed by atoms with Gasteiger partial charge in [-0.15, -0.1) is 0 Å². The van der Waals surface area contributed by atoms with E-state index in [1.165, 1.54) is 0 Å². The minimum absolute atomic E-state index is 0.264. The average molecular weight is 281 g/mol. The van der Waals surface area contributed by atoms with Gasteiger partial charge in [-0.3, -0.25) is 4.79 Å². The first kappa shape index (κ1) is 14.4. The summed E-state index contributed by atoms with van der Waals surface area (Å²) in [7, 11) is 0. The summed E-state index contributed by atoms with van der Waals surface area (Å²) in [5.74, 6) is 0.584. The molecular formula is C15H21ClN2O. The van der Waals surface area contributed by atoms with E-state index in [2.05, 4.69) is 12.2 Å². The van der Waals surface area contributed by atoms with Gasteiger partial charge < -0.3 is 10.2 Å². The van der Waals surface area contributed by atoms with Crippen molar-refractivity contribution >= 4 is 17.5 Å². The normalized spacial score (nSPS) is 17.3. The van der Waals surface area contributed by atoms with Gasteiger partial charge in [-0.2, -0.15) is 0 Å². The van der Waals surface area contributed by atoms with Crippen LogP contribution in [0.2, 0.25) is 5.02 Å². The van der Waals surface area contributed by atoms with Gasteiger partial charge in [0.1, 0.15) is 0 Å². The lowest BCUT2D eigenvalue weighted by molar-refractivity contribution is -0.131. The first-order valence-electron chi connectivity index (χ1n) is 6.91.